The summed E-state index contributed by atoms with van der Waals surface area (Å²) >= 11 is 0. The molecule has 0 saturated carbocycles. The molecule has 2 N–H and O–H groups in total. The van der Waals surface area contributed by atoms with E-state index in [4.69, 9.17) is 0 Å². The summed E-state index contributed by atoms with van der Waals surface area (Å²) in [6.07, 6.45) is 3.09. The molecule has 0 aliphatic rings. The first-order valence-electron chi connectivity index (χ1n) is 5.88. The normalized spacial score (nSPS) is 14.1. The van der Waals surface area contributed by atoms with E-state index in [0.717, 1.165) is 12.1 Å². The number of hydrogen-bond donors (Lipinski definition) is 2. The monoisotopic (exact) mass is 236 g/mol. The van der Waals surface area contributed by atoms with Crippen LogP contribution in [0.25, 0.3) is 0 Å². The zero-order valence-corrected chi connectivity index (χ0v) is 10.7. The molecule has 4 nitrogen and oxygen atoms in total. The maximum absolute atomic E-state index is 11.7. The maximum Gasteiger partial charge on any atom is 0.252 e. The molecule has 1 heterocycles. The molecule has 17 heavy (non-hydrogen) atoms. The number of pyridine rings is 1. The largest absolute Gasteiger partial charge is 0.388 e. The van der Waals surface area contributed by atoms with Crippen LogP contribution in [0.15, 0.2) is 18.3 Å². The summed E-state index contributed by atoms with van der Waals surface area (Å²) in [5, 5.41) is 12.6. The van der Waals surface area contributed by atoms with Crippen LogP contribution in [-0.4, -0.2) is 28.1 Å². The molecule has 0 bridgehead atoms. The first kappa shape index (κ1) is 13.6. The molecule has 0 radical (unpaired) electrons. The first-order chi connectivity index (χ1) is 7.94. The Kier molecular flexibility index (Phi) is 4.63. The number of nitrogens with one attached hydrogen (secondary N) is 1. The van der Waals surface area contributed by atoms with Crippen molar-refractivity contribution in [2.24, 2.45) is 0 Å². The lowest BCUT2D eigenvalue weighted by atomic mass is 10.0. The van der Waals surface area contributed by atoms with Crippen molar-refractivity contribution in [3.05, 3.63) is 29.6 Å². The van der Waals surface area contributed by atoms with Crippen molar-refractivity contribution in [2.45, 2.75) is 39.2 Å². The van der Waals surface area contributed by atoms with E-state index in [1.54, 1.807) is 25.3 Å². The molecule has 0 aliphatic heterocycles. The first-order valence-corrected chi connectivity index (χ1v) is 5.88. The second-order valence-corrected chi connectivity index (χ2v) is 4.62. The van der Waals surface area contributed by atoms with Gasteiger partial charge in [0.2, 0.25) is 0 Å². The number of amides is 1. The molecule has 0 aliphatic carbocycles. The van der Waals surface area contributed by atoms with Crippen molar-refractivity contribution in [3.8, 4) is 0 Å². The highest BCUT2D eigenvalue weighted by Gasteiger charge is 2.20. The average molecular weight is 236 g/mol. The molecule has 1 rings (SSSR count). The van der Waals surface area contributed by atoms with Crippen LogP contribution >= 0.6 is 0 Å². The predicted molar refractivity (Wildman–Crippen MR) is 66.8 cm³/mol. The van der Waals surface area contributed by atoms with Crippen LogP contribution in [0.1, 0.15) is 42.7 Å². The summed E-state index contributed by atoms with van der Waals surface area (Å²) in [6, 6.07) is 3.52. The number of carbonyl (C=O) groups is 1. The number of aryl methyl sites for hydroxylation is 1. The molecule has 0 fully saturated rings. The smallest absolute Gasteiger partial charge is 0.252 e. The fraction of sp³-hybridized carbons (Fsp3) is 0.538. The SMILES string of the molecule is CCCC(C)(O)CNC(=O)c1ccc(C)nc1. The Morgan fingerprint density at radius 2 is 2.24 bits per heavy atom. The summed E-state index contributed by atoms with van der Waals surface area (Å²) in [4.78, 5) is 15.8. The Bertz CT molecular complexity index is 372. The molecule has 4 heteroatoms. The third-order valence-electron chi connectivity index (χ3n) is 2.59. The quantitative estimate of drug-likeness (QED) is 0.817. The van der Waals surface area contributed by atoms with Gasteiger partial charge in [-0.2, -0.15) is 0 Å². The molecule has 1 atom stereocenters. The van der Waals surface area contributed by atoms with Crippen molar-refractivity contribution in [3.63, 3.8) is 0 Å². The van der Waals surface area contributed by atoms with Crippen LogP contribution in [0.2, 0.25) is 0 Å². The van der Waals surface area contributed by atoms with E-state index in [0.29, 0.717) is 12.0 Å². The highest BCUT2D eigenvalue weighted by molar-refractivity contribution is 5.93. The van der Waals surface area contributed by atoms with Crippen LogP contribution in [0, 0.1) is 6.92 Å². The van der Waals surface area contributed by atoms with E-state index in [2.05, 4.69) is 10.3 Å². The van der Waals surface area contributed by atoms with Crippen LogP contribution in [0.4, 0.5) is 0 Å². The molecule has 1 aromatic heterocycles. The number of aromatic nitrogens is 1. The van der Waals surface area contributed by atoms with Crippen molar-refractivity contribution >= 4 is 5.91 Å². The van der Waals surface area contributed by atoms with Gasteiger partial charge in [-0.05, 0) is 32.4 Å². The van der Waals surface area contributed by atoms with Crippen LogP contribution < -0.4 is 5.32 Å². The lowest BCUT2D eigenvalue weighted by Crippen LogP contribution is -2.40. The minimum absolute atomic E-state index is 0.200. The van der Waals surface area contributed by atoms with E-state index >= 15 is 0 Å². The predicted octanol–water partition coefficient (Wildman–Crippen LogP) is 1.67. The molecule has 94 valence electrons. The minimum Gasteiger partial charge on any atom is -0.388 e. The lowest BCUT2D eigenvalue weighted by Gasteiger charge is -2.22. The second kappa shape index (κ2) is 5.77. The Morgan fingerprint density at radius 1 is 1.53 bits per heavy atom. The molecule has 0 spiro atoms. The van der Waals surface area contributed by atoms with Gasteiger partial charge in [0.05, 0.1) is 11.2 Å². The number of hydrogen-bond acceptors (Lipinski definition) is 3. The van der Waals surface area contributed by atoms with Crippen molar-refractivity contribution < 1.29 is 9.90 Å². The second-order valence-electron chi connectivity index (χ2n) is 4.62. The molecular formula is C13H20N2O2. The number of aliphatic hydroxyl groups is 1. The van der Waals surface area contributed by atoms with Gasteiger partial charge in [0.1, 0.15) is 0 Å². The summed E-state index contributed by atoms with van der Waals surface area (Å²) in [5.74, 6) is -0.200. The zero-order chi connectivity index (χ0) is 12.9. The van der Waals surface area contributed by atoms with Crippen molar-refractivity contribution in [2.75, 3.05) is 6.54 Å². The van der Waals surface area contributed by atoms with Gasteiger partial charge in [-0.3, -0.25) is 9.78 Å². The van der Waals surface area contributed by atoms with E-state index in [9.17, 15) is 9.90 Å². The minimum atomic E-state index is -0.845. The third kappa shape index (κ3) is 4.53. The van der Waals surface area contributed by atoms with Gasteiger partial charge < -0.3 is 10.4 Å². The topological polar surface area (TPSA) is 62.2 Å². The van der Waals surface area contributed by atoms with Crippen LogP contribution in [0.3, 0.4) is 0 Å². The molecular weight excluding hydrogens is 216 g/mol. The van der Waals surface area contributed by atoms with Gasteiger partial charge in [0.25, 0.3) is 5.91 Å². The molecule has 1 aromatic rings. The van der Waals surface area contributed by atoms with Crippen LogP contribution in [0.5, 0.6) is 0 Å². The van der Waals surface area contributed by atoms with Crippen molar-refractivity contribution in [1.82, 2.24) is 10.3 Å². The van der Waals surface area contributed by atoms with Crippen LogP contribution in [-0.2, 0) is 0 Å². The molecule has 1 unspecified atom stereocenters. The van der Waals surface area contributed by atoms with Gasteiger partial charge in [-0.25, -0.2) is 0 Å². The maximum atomic E-state index is 11.7. The Labute approximate surface area is 102 Å². The highest BCUT2D eigenvalue weighted by Crippen LogP contribution is 2.10. The lowest BCUT2D eigenvalue weighted by molar-refractivity contribution is 0.0469. The number of carbonyl (C=O) groups excluding carboxylic acids is 1. The molecule has 0 aromatic carbocycles. The third-order valence-corrected chi connectivity index (χ3v) is 2.59. The molecule has 1 amide bonds. The molecule has 0 saturated heterocycles. The number of rotatable bonds is 5. The average Bonchev–Trinajstić information content (AvgIpc) is 2.27. The number of nitrogens with zero attached hydrogens (tertiary/aromatic N) is 1. The Morgan fingerprint density at radius 3 is 2.76 bits per heavy atom. The Hall–Kier alpha value is -1.42. The van der Waals surface area contributed by atoms with E-state index < -0.39 is 5.60 Å². The van der Waals surface area contributed by atoms with E-state index in [1.807, 2.05) is 13.8 Å². The summed E-state index contributed by atoms with van der Waals surface area (Å²) in [7, 11) is 0. The Balaban J connectivity index is 2.53. The van der Waals surface area contributed by atoms with E-state index in [-0.39, 0.29) is 12.5 Å². The highest BCUT2D eigenvalue weighted by atomic mass is 16.3. The summed E-state index contributed by atoms with van der Waals surface area (Å²) in [6.45, 7) is 5.85. The van der Waals surface area contributed by atoms with Gasteiger partial charge in [0, 0.05) is 18.4 Å². The van der Waals surface area contributed by atoms with Gasteiger partial charge in [0.15, 0.2) is 0 Å². The summed E-state index contributed by atoms with van der Waals surface area (Å²) in [5.41, 5.74) is 0.546. The van der Waals surface area contributed by atoms with Gasteiger partial charge in [-0.15, -0.1) is 0 Å². The standard InChI is InChI=1S/C13H20N2O2/c1-4-7-13(3,17)9-15-12(16)11-6-5-10(2)14-8-11/h5-6,8,17H,4,7,9H2,1-3H3,(H,15,16). The van der Waals surface area contributed by atoms with Gasteiger partial charge in [-0.1, -0.05) is 13.3 Å². The van der Waals surface area contributed by atoms with Gasteiger partial charge >= 0.3 is 0 Å². The fourth-order valence-electron chi connectivity index (χ4n) is 1.60. The van der Waals surface area contributed by atoms with Crippen molar-refractivity contribution in [1.29, 1.82) is 0 Å². The van der Waals surface area contributed by atoms with E-state index in [1.165, 1.54) is 0 Å². The summed E-state index contributed by atoms with van der Waals surface area (Å²) < 4.78 is 0. The zero-order valence-electron chi connectivity index (χ0n) is 10.7. The fourth-order valence-corrected chi connectivity index (χ4v) is 1.60.